The SMILES string of the molecule is C[C@@]1(Oc2cc(NS(=O)(=O)c3cc(-c4ccc(F)cc4F)c(Cl)s3)ccc2C(F)(F)F)CCNC1. The molecule has 188 valence electrons. The molecule has 0 amide bonds. The maximum atomic E-state index is 14.2. The van der Waals surface area contributed by atoms with Crippen molar-refractivity contribution in [1.82, 2.24) is 5.32 Å². The minimum atomic E-state index is -4.72. The number of nitrogens with one attached hydrogen (secondary N) is 2. The molecule has 0 spiro atoms. The van der Waals surface area contributed by atoms with Gasteiger partial charge in [-0.2, -0.15) is 13.2 Å². The molecule has 2 heterocycles. The molecule has 2 aromatic carbocycles. The zero-order valence-electron chi connectivity index (χ0n) is 18.0. The third-order valence-electron chi connectivity index (χ3n) is 5.38. The number of thiophene rings is 1. The van der Waals surface area contributed by atoms with E-state index in [2.05, 4.69) is 10.0 Å². The molecule has 35 heavy (non-hydrogen) atoms. The number of halogens is 6. The minimum Gasteiger partial charge on any atom is -0.485 e. The summed E-state index contributed by atoms with van der Waals surface area (Å²) in [4.78, 5) is 0. The van der Waals surface area contributed by atoms with Crippen LogP contribution in [0.25, 0.3) is 11.1 Å². The summed E-state index contributed by atoms with van der Waals surface area (Å²) in [6.07, 6.45) is -4.25. The number of hydrogen-bond acceptors (Lipinski definition) is 5. The summed E-state index contributed by atoms with van der Waals surface area (Å²) in [5, 5.41) is 3.02. The van der Waals surface area contributed by atoms with Crippen LogP contribution in [0.1, 0.15) is 18.9 Å². The fourth-order valence-corrected chi connectivity index (χ4v) is 6.43. The van der Waals surface area contributed by atoms with E-state index in [0.717, 1.165) is 36.4 Å². The highest BCUT2D eigenvalue weighted by molar-refractivity contribution is 7.94. The number of anilines is 1. The zero-order chi connectivity index (χ0) is 25.6. The predicted molar refractivity (Wildman–Crippen MR) is 123 cm³/mol. The van der Waals surface area contributed by atoms with Crippen LogP contribution in [0, 0.1) is 11.6 Å². The summed E-state index contributed by atoms with van der Waals surface area (Å²) in [7, 11) is -4.31. The number of rotatable bonds is 6. The van der Waals surface area contributed by atoms with E-state index >= 15 is 0 Å². The van der Waals surface area contributed by atoms with E-state index in [0.29, 0.717) is 36.9 Å². The van der Waals surface area contributed by atoms with Crippen molar-refractivity contribution in [2.45, 2.75) is 29.3 Å². The monoisotopic (exact) mass is 552 g/mol. The van der Waals surface area contributed by atoms with Crippen molar-refractivity contribution in [3.05, 3.63) is 64.0 Å². The van der Waals surface area contributed by atoms with Gasteiger partial charge in [0.1, 0.15) is 31.5 Å². The van der Waals surface area contributed by atoms with Crippen LogP contribution in [0.4, 0.5) is 27.6 Å². The Morgan fingerprint density at radius 1 is 1.11 bits per heavy atom. The summed E-state index contributed by atoms with van der Waals surface area (Å²) in [6, 6.07) is 6.55. The van der Waals surface area contributed by atoms with Gasteiger partial charge in [0.15, 0.2) is 0 Å². The lowest BCUT2D eigenvalue weighted by atomic mass is 10.1. The van der Waals surface area contributed by atoms with Gasteiger partial charge in [-0.25, -0.2) is 17.2 Å². The van der Waals surface area contributed by atoms with Gasteiger partial charge >= 0.3 is 6.18 Å². The molecule has 4 rings (SSSR count). The van der Waals surface area contributed by atoms with Crippen molar-refractivity contribution >= 4 is 38.6 Å². The number of sulfonamides is 1. The lowest BCUT2D eigenvalue weighted by Crippen LogP contribution is -2.35. The van der Waals surface area contributed by atoms with Crippen LogP contribution < -0.4 is 14.8 Å². The molecule has 3 aromatic rings. The second-order valence-corrected chi connectivity index (χ2v) is 11.7. The molecule has 0 bridgehead atoms. The predicted octanol–water partition coefficient (Wildman–Crippen LogP) is 6.30. The summed E-state index contributed by atoms with van der Waals surface area (Å²) >= 11 is 6.74. The fraction of sp³-hybridized carbons (Fsp3) is 0.273. The van der Waals surface area contributed by atoms with Crippen molar-refractivity contribution in [3.63, 3.8) is 0 Å². The summed E-state index contributed by atoms with van der Waals surface area (Å²) < 4.78 is 101. The molecule has 1 fully saturated rings. The third-order valence-corrected chi connectivity index (χ3v) is 8.59. The van der Waals surface area contributed by atoms with Gasteiger partial charge in [0.25, 0.3) is 10.0 Å². The molecule has 0 aliphatic carbocycles. The van der Waals surface area contributed by atoms with Gasteiger partial charge in [0.05, 0.1) is 11.3 Å². The van der Waals surface area contributed by atoms with E-state index in [1.54, 1.807) is 6.92 Å². The minimum absolute atomic E-state index is 0.0349. The van der Waals surface area contributed by atoms with Gasteiger partial charge in [0, 0.05) is 36.2 Å². The number of hydrogen-bond donors (Lipinski definition) is 2. The first-order valence-corrected chi connectivity index (χ1v) is 12.8. The molecule has 1 atom stereocenters. The first kappa shape index (κ1) is 25.7. The second-order valence-electron chi connectivity index (χ2n) is 8.17. The molecule has 1 saturated heterocycles. The quantitative estimate of drug-likeness (QED) is 0.352. The Morgan fingerprint density at radius 3 is 2.49 bits per heavy atom. The second kappa shape index (κ2) is 9.23. The van der Waals surface area contributed by atoms with Crippen molar-refractivity contribution in [3.8, 4) is 16.9 Å². The number of ether oxygens (including phenoxy) is 1. The Kier molecular flexibility index (Phi) is 6.77. The van der Waals surface area contributed by atoms with Crippen LogP contribution in [-0.2, 0) is 16.2 Å². The Labute approximate surface area is 206 Å². The van der Waals surface area contributed by atoms with Crippen LogP contribution in [0.5, 0.6) is 5.75 Å². The highest BCUT2D eigenvalue weighted by Gasteiger charge is 2.38. The normalized spacial score (nSPS) is 18.6. The fourth-order valence-electron chi connectivity index (χ4n) is 3.63. The summed E-state index contributed by atoms with van der Waals surface area (Å²) in [5.74, 6) is -2.25. The molecule has 2 N–H and O–H groups in total. The molecule has 13 heteroatoms. The molecule has 0 saturated carbocycles. The van der Waals surface area contributed by atoms with Crippen LogP contribution in [0.3, 0.4) is 0 Å². The lowest BCUT2D eigenvalue weighted by Gasteiger charge is -2.27. The Balaban J connectivity index is 1.66. The Hall–Kier alpha value is -2.41. The molecule has 0 unspecified atom stereocenters. The van der Waals surface area contributed by atoms with Gasteiger partial charge in [-0.3, -0.25) is 4.72 Å². The van der Waals surface area contributed by atoms with Gasteiger partial charge < -0.3 is 10.1 Å². The average Bonchev–Trinajstić information content (AvgIpc) is 3.33. The summed E-state index contributed by atoms with van der Waals surface area (Å²) in [5.41, 5.74) is -2.17. The third kappa shape index (κ3) is 5.55. The molecule has 1 aliphatic rings. The van der Waals surface area contributed by atoms with E-state index in [4.69, 9.17) is 16.3 Å². The molecule has 0 radical (unpaired) electrons. The zero-order valence-corrected chi connectivity index (χ0v) is 20.4. The van der Waals surface area contributed by atoms with E-state index in [1.807, 2.05) is 0 Å². The van der Waals surface area contributed by atoms with Crippen LogP contribution in [0.2, 0.25) is 4.34 Å². The van der Waals surface area contributed by atoms with Crippen molar-refractivity contribution < 1.29 is 35.1 Å². The van der Waals surface area contributed by atoms with Crippen LogP contribution in [-0.4, -0.2) is 27.1 Å². The standard InChI is InChI=1S/C22H18ClF5N2O3S2/c1-21(6-7-29-11-21)33-18-9-13(3-5-16(18)22(26,27)28)30-35(31,32)19-10-15(20(23)34-19)14-4-2-12(24)8-17(14)25/h2-5,8-10,29-30H,6-7,11H2,1H3/t21-/m1/s1. The van der Waals surface area contributed by atoms with Crippen molar-refractivity contribution in [2.75, 3.05) is 17.8 Å². The molecular weight excluding hydrogens is 535 g/mol. The summed E-state index contributed by atoms with van der Waals surface area (Å²) in [6.45, 7) is 2.56. The Bertz CT molecular complexity index is 1370. The lowest BCUT2D eigenvalue weighted by molar-refractivity contribution is -0.139. The van der Waals surface area contributed by atoms with Gasteiger partial charge in [-0.15, -0.1) is 11.3 Å². The Morgan fingerprint density at radius 2 is 1.86 bits per heavy atom. The number of benzene rings is 2. The van der Waals surface area contributed by atoms with Gasteiger partial charge in [-0.1, -0.05) is 11.6 Å². The van der Waals surface area contributed by atoms with Gasteiger partial charge in [0.2, 0.25) is 0 Å². The molecule has 5 nitrogen and oxygen atoms in total. The van der Waals surface area contributed by atoms with E-state index < -0.39 is 44.7 Å². The first-order chi connectivity index (χ1) is 16.3. The highest BCUT2D eigenvalue weighted by Crippen LogP contribution is 2.42. The highest BCUT2D eigenvalue weighted by atomic mass is 35.5. The largest absolute Gasteiger partial charge is 0.485 e. The number of alkyl halides is 3. The first-order valence-electron chi connectivity index (χ1n) is 10.2. The maximum Gasteiger partial charge on any atom is 0.419 e. The van der Waals surface area contributed by atoms with Crippen LogP contribution in [0.15, 0.2) is 46.7 Å². The smallest absolute Gasteiger partial charge is 0.419 e. The van der Waals surface area contributed by atoms with Crippen LogP contribution >= 0.6 is 22.9 Å². The molecule has 1 aliphatic heterocycles. The van der Waals surface area contributed by atoms with Gasteiger partial charge in [-0.05, 0) is 43.8 Å². The molecule has 1 aromatic heterocycles. The van der Waals surface area contributed by atoms with Crippen molar-refractivity contribution in [1.29, 1.82) is 0 Å². The maximum absolute atomic E-state index is 14.2. The average molecular weight is 553 g/mol. The van der Waals surface area contributed by atoms with E-state index in [1.165, 1.54) is 0 Å². The van der Waals surface area contributed by atoms with Crippen molar-refractivity contribution in [2.24, 2.45) is 0 Å². The molecular formula is C22H18ClF5N2O3S2. The van der Waals surface area contributed by atoms with E-state index in [-0.39, 0.29) is 25.4 Å². The van der Waals surface area contributed by atoms with E-state index in [9.17, 15) is 30.4 Å². The topological polar surface area (TPSA) is 67.4 Å².